The number of aromatic nitrogens is 1. The molecule has 2 heterocycles. The third-order valence-corrected chi connectivity index (χ3v) is 5.96. The Bertz CT molecular complexity index is 1530. The van der Waals surface area contributed by atoms with Crippen molar-refractivity contribution in [3.05, 3.63) is 100 Å². The number of halogens is 1. The van der Waals surface area contributed by atoms with E-state index in [0.717, 1.165) is 0 Å². The van der Waals surface area contributed by atoms with Crippen LogP contribution in [0, 0.1) is 0 Å². The Balaban J connectivity index is 1.50. The van der Waals surface area contributed by atoms with Gasteiger partial charge in [0.25, 0.3) is 5.91 Å². The summed E-state index contributed by atoms with van der Waals surface area (Å²) in [6.07, 6.45) is 0. The van der Waals surface area contributed by atoms with E-state index in [4.69, 9.17) is 21.0 Å². The van der Waals surface area contributed by atoms with E-state index in [-0.39, 0.29) is 22.8 Å². The number of aromatic carboxylic acids is 1. The summed E-state index contributed by atoms with van der Waals surface area (Å²) in [7, 11) is 0. The standard InChI is InChI=1S/C26H20ClN5O4/c1-14-21(23(33)29-18-11-5-3-9-16(18)24(34)35)22(15-8-2-4-10-17(15)27)31-25(28-14)32-26-30-19-12-6-7-13-20(19)36-26/h2-13,22H,1H3,(H,29,33)(H,34,35)(H2,28,30,31,32). The molecule has 4 aromatic rings. The second-order valence-electron chi connectivity index (χ2n) is 7.98. The van der Waals surface area contributed by atoms with Gasteiger partial charge in [-0.25, -0.2) is 9.79 Å². The van der Waals surface area contributed by atoms with Crippen molar-refractivity contribution >= 4 is 52.2 Å². The van der Waals surface area contributed by atoms with Crippen molar-refractivity contribution in [3.8, 4) is 0 Å². The number of aliphatic imine (C=N–C) groups is 1. The van der Waals surface area contributed by atoms with E-state index in [1.54, 1.807) is 49.4 Å². The fourth-order valence-electron chi connectivity index (χ4n) is 3.95. The number of nitrogens with one attached hydrogen (secondary N) is 3. The number of carboxylic acid groups (broad SMARTS) is 1. The average molecular weight is 502 g/mol. The summed E-state index contributed by atoms with van der Waals surface area (Å²) in [6, 6.07) is 20.1. The Morgan fingerprint density at radius 1 is 1.03 bits per heavy atom. The molecule has 1 atom stereocenters. The summed E-state index contributed by atoms with van der Waals surface area (Å²) in [5.41, 5.74) is 2.84. The molecule has 0 bridgehead atoms. The zero-order valence-electron chi connectivity index (χ0n) is 18.9. The lowest BCUT2D eigenvalue weighted by atomic mass is 9.95. The Morgan fingerprint density at radius 2 is 1.75 bits per heavy atom. The number of carbonyl (C=O) groups excluding carboxylic acids is 1. The van der Waals surface area contributed by atoms with Crippen molar-refractivity contribution < 1.29 is 19.1 Å². The number of anilines is 2. The molecule has 1 aliphatic heterocycles. The number of hydrogen-bond donors (Lipinski definition) is 4. The third-order valence-electron chi connectivity index (χ3n) is 5.61. The lowest BCUT2D eigenvalue weighted by Gasteiger charge is -2.27. The van der Waals surface area contributed by atoms with Crippen LogP contribution in [0.4, 0.5) is 11.7 Å². The molecular weight excluding hydrogens is 482 g/mol. The highest BCUT2D eigenvalue weighted by Crippen LogP contribution is 2.35. The van der Waals surface area contributed by atoms with Gasteiger partial charge < -0.3 is 20.2 Å². The number of allylic oxidation sites excluding steroid dienone is 1. The van der Waals surface area contributed by atoms with Gasteiger partial charge in [-0.1, -0.05) is 54.1 Å². The average Bonchev–Trinajstić information content (AvgIpc) is 3.26. The number of para-hydroxylation sites is 3. The molecule has 0 spiro atoms. The number of carbonyl (C=O) groups is 2. The summed E-state index contributed by atoms with van der Waals surface area (Å²) in [5.74, 6) is -1.35. The molecule has 3 aromatic carbocycles. The lowest BCUT2D eigenvalue weighted by Crippen LogP contribution is -2.37. The van der Waals surface area contributed by atoms with E-state index in [2.05, 4.69) is 20.9 Å². The molecule has 10 heteroatoms. The molecule has 0 aliphatic carbocycles. The third kappa shape index (κ3) is 4.51. The first kappa shape index (κ1) is 23.1. The Morgan fingerprint density at radius 3 is 2.53 bits per heavy atom. The number of carboxylic acids is 1. The van der Waals surface area contributed by atoms with Crippen molar-refractivity contribution in [2.24, 2.45) is 4.99 Å². The maximum Gasteiger partial charge on any atom is 0.337 e. The highest BCUT2D eigenvalue weighted by Gasteiger charge is 2.31. The van der Waals surface area contributed by atoms with Crippen LogP contribution in [0.25, 0.3) is 11.1 Å². The van der Waals surface area contributed by atoms with Crippen molar-refractivity contribution in [3.63, 3.8) is 0 Å². The first-order chi connectivity index (χ1) is 17.4. The van der Waals surface area contributed by atoms with E-state index in [9.17, 15) is 14.7 Å². The van der Waals surface area contributed by atoms with Crippen molar-refractivity contribution in [1.29, 1.82) is 0 Å². The molecule has 1 aliphatic rings. The van der Waals surface area contributed by atoms with Crippen LogP contribution in [-0.2, 0) is 4.79 Å². The van der Waals surface area contributed by atoms with Gasteiger partial charge in [0.15, 0.2) is 5.58 Å². The first-order valence-electron chi connectivity index (χ1n) is 11.0. The van der Waals surface area contributed by atoms with Crippen molar-refractivity contribution in [2.75, 3.05) is 10.6 Å². The minimum absolute atomic E-state index is 0.0241. The number of oxazole rings is 1. The van der Waals surface area contributed by atoms with Crippen molar-refractivity contribution in [1.82, 2.24) is 10.3 Å². The molecule has 5 rings (SSSR count). The second kappa shape index (κ2) is 9.55. The second-order valence-corrected chi connectivity index (χ2v) is 8.39. The normalized spacial score (nSPS) is 15.3. The van der Waals surface area contributed by atoms with Crippen LogP contribution in [-0.4, -0.2) is 27.9 Å². The van der Waals surface area contributed by atoms with Crippen LogP contribution in [0.3, 0.4) is 0 Å². The predicted molar refractivity (Wildman–Crippen MR) is 137 cm³/mol. The number of guanidine groups is 1. The smallest absolute Gasteiger partial charge is 0.337 e. The molecule has 1 aromatic heterocycles. The number of rotatable bonds is 5. The molecule has 0 fully saturated rings. The molecule has 0 radical (unpaired) electrons. The van der Waals surface area contributed by atoms with E-state index in [1.165, 1.54) is 12.1 Å². The fourth-order valence-corrected chi connectivity index (χ4v) is 4.19. The number of amides is 1. The Labute approximate surface area is 210 Å². The fraction of sp³-hybridized carbons (Fsp3) is 0.0769. The van der Waals surface area contributed by atoms with Crippen LogP contribution >= 0.6 is 11.6 Å². The molecule has 0 saturated heterocycles. The van der Waals surface area contributed by atoms with Gasteiger partial charge in [-0.15, -0.1) is 0 Å². The zero-order valence-corrected chi connectivity index (χ0v) is 19.7. The maximum absolute atomic E-state index is 13.5. The summed E-state index contributed by atoms with van der Waals surface area (Å²) < 4.78 is 5.74. The van der Waals surface area contributed by atoms with Gasteiger partial charge in [0, 0.05) is 16.3 Å². The maximum atomic E-state index is 13.5. The number of benzene rings is 3. The van der Waals surface area contributed by atoms with Gasteiger partial charge in [0.1, 0.15) is 11.6 Å². The molecule has 4 N–H and O–H groups in total. The van der Waals surface area contributed by atoms with E-state index in [1.807, 2.05) is 18.2 Å². The van der Waals surface area contributed by atoms with Gasteiger partial charge in [0.2, 0.25) is 5.96 Å². The van der Waals surface area contributed by atoms with Crippen LogP contribution in [0.15, 0.2) is 93.5 Å². The molecule has 0 saturated carbocycles. The van der Waals surface area contributed by atoms with Crippen LogP contribution in [0.1, 0.15) is 28.9 Å². The molecule has 36 heavy (non-hydrogen) atoms. The number of nitrogens with zero attached hydrogens (tertiary/aromatic N) is 2. The van der Waals surface area contributed by atoms with Gasteiger partial charge in [-0.2, -0.15) is 4.98 Å². The highest BCUT2D eigenvalue weighted by molar-refractivity contribution is 6.31. The first-order valence-corrected chi connectivity index (χ1v) is 11.3. The highest BCUT2D eigenvalue weighted by atomic mass is 35.5. The Hall–Kier alpha value is -4.63. The molecule has 9 nitrogen and oxygen atoms in total. The topological polar surface area (TPSA) is 129 Å². The van der Waals surface area contributed by atoms with Crippen LogP contribution < -0.4 is 16.0 Å². The summed E-state index contributed by atoms with van der Waals surface area (Å²) in [4.78, 5) is 34.2. The molecule has 1 unspecified atom stereocenters. The van der Waals surface area contributed by atoms with Gasteiger partial charge in [0.05, 0.1) is 16.8 Å². The summed E-state index contributed by atoms with van der Waals surface area (Å²) >= 11 is 6.49. The summed E-state index contributed by atoms with van der Waals surface area (Å²) in [6.45, 7) is 1.73. The number of fused-ring (bicyclic) bond motifs is 1. The minimum Gasteiger partial charge on any atom is -0.478 e. The van der Waals surface area contributed by atoms with Crippen molar-refractivity contribution in [2.45, 2.75) is 13.0 Å². The summed E-state index contributed by atoms with van der Waals surface area (Å²) in [5, 5.41) is 18.7. The quantitative estimate of drug-likeness (QED) is 0.295. The SMILES string of the molecule is CC1=C(C(=O)Nc2ccccc2C(=O)O)C(c2ccccc2Cl)N=C(Nc2nc3ccccc3o2)N1. The molecule has 1 amide bonds. The van der Waals surface area contributed by atoms with Crippen LogP contribution in [0.2, 0.25) is 5.02 Å². The Kier molecular flexibility index (Phi) is 6.14. The molecular formula is C26H20ClN5O4. The van der Waals surface area contributed by atoms with Gasteiger partial charge in [-0.05, 0) is 37.3 Å². The minimum atomic E-state index is -1.15. The number of hydrogen-bond acceptors (Lipinski definition) is 7. The monoisotopic (exact) mass is 501 g/mol. The van der Waals surface area contributed by atoms with Gasteiger partial charge >= 0.3 is 12.0 Å². The zero-order chi connectivity index (χ0) is 25.2. The predicted octanol–water partition coefficient (Wildman–Crippen LogP) is 5.20. The molecule has 180 valence electrons. The van der Waals surface area contributed by atoms with Gasteiger partial charge in [-0.3, -0.25) is 10.1 Å². The van der Waals surface area contributed by atoms with E-state index >= 15 is 0 Å². The lowest BCUT2D eigenvalue weighted by molar-refractivity contribution is -0.113. The van der Waals surface area contributed by atoms with E-state index < -0.39 is 17.9 Å². The van der Waals surface area contributed by atoms with E-state index in [0.29, 0.717) is 33.3 Å². The largest absolute Gasteiger partial charge is 0.478 e. The van der Waals surface area contributed by atoms with Crippen LogP contribution in [0.5, 0.6) is 0 Å².